The third-order valence-corrected chi connectivity index (χ3v) is 2.05. The molecule has 0 saturated carbocycles. The lowest BCUT2D eigenvalue weighted by Crippen LogP contribution is -2.29. The molecule has 0 aliphatic heterocycles. The highest BCUT2D eigenvalue weighted by atomic mass is 16.2. The molecule has 1 aromatic rings. The van der Waals surface area contributed by atoms with Gasteiger partial charge in [0.15, 0.2) is 0 Å². The van der Waals surface area contributed by atoms with E-state index in [9.17, 15) is 4.79 Å². The van der Waals surface area contributed by atoms with Gasteiger partial charge in [-0.1, -0.05) is 12.8 Å². The van der Waals surface area contributed by atoms with Gasteiger partial charge in [-0.2, -0.15) is 5.10 Å². The molecule has 0 aliphatic rings. The van der Waals surface area contributed by atoms with E-state index in [1.165, 1.54) is 0 Å². The molecule has 1 rings (SSSR count). The first-order valence-electron chi connectivity index (χ1n) is 5.14. The molecule has 0 atom stereocenters. The number of hydrogen-bond acceptors (Lipinski definition) is 2. The smallest absolute Gasteiger partial charge is 0.321 e. The first-order chi connectivity index (χ1) is 7.67. The third-order valence-electron chi connectivity index (χ3n) is 2.05. The Hall–Kier alpha value is -1.96. The second kappa shape index (κ2) is 5.81. The summed E-state index contributed by atoms with van der Waals surface area (Å²) in [7, 11) is 1.79. The quantitative estimate of drug-likeness (QED) is 0.750. The Bertz CT molecular complexity index is 425. The lowest BCUT2D eigenvalue weighted by atomic mass is 10.3. The van der Waals surface area contributed by atoms with E-state index in [0.717, 1.165) is 12.1 Å². The summed E-state index contributed by atoms with van der Waals surface area (Å²) in [4.78, 5) is 11.4. The summed E-state index contributed by atoms with van der Waals surface area (Å²) in [5.41, 5.74) is 0.950. The molecule has 86 valence electrons. The fourth-order valence-electron chi connectivity index (χ4n) is 1.19. The zero-order chi connectivity index (χ0) is 12.0. The highest BCUT2D eigenvalue weighted by Gasteiger charge is 2.06. The number of carbonyl (C=O) groups is 1. The zero-order valence-electron chi connectivity index (χ0n) is 9.79. The van der Waals surface area contributed by atoms with Crippen molar-refractivity contribution in [3.63, 3.8) is 0 Å². The van der Waals surface area contributed by atoms with Crippen LogP contribution in [0.25, 0.3) is 0 Å². The molecule has 1 aromatic heterocycles. The van der Waals surface area contributed by atoms with Crippen molar-refractivity contribution in [2.24, 2.45) is 7.05 Å². The Kier molecular flexibility index (Phi) is 4.40. The summed E-state index contributed by atoms with van der Waals surface area (Å²) < 4.78 is 1.64. The zero-order valence-corrected chi connectivity index (χ0v) is 9.79. The number of nitrogens with zero attached hydrogens (tertiary/aromatic N) is 2. The van der Waals surface area contributed by atoms with E-state index in [4.69, 9.17) is 0 Å². The van der Waals surface area contributed by atoms with Crippen LogP contribution in [-0.2, 0) is 13.5 Å². The van der Waals surface area contributed by atoms with Crippen LogP contribution in [-0.4, -0.2) is 22.4 Å². The summed E-state index contributed by atoms with van der Waals surface area (Å²) >= 11 is 0. The van der Waals surface area contributed by atoms with Gasteiger partial charge >= 0.3 is 6.03 Å². The minimum Gasteiger partial charge on any atom is -0.327 e. The van der Waals surface area contributed by atoms with Gasteiger partial charge in [0.2, 0.25) is 0 Å². The molecule has 0 saturated heterocycles. The van der Waals surface area contributed by atoms with E-state index in [2.05, 4.69) is 27.6 Å². The summed E-state index contributed by atoms with van der Waals surface area (Å²) in [6.07, 6.45) is 0.846. The predicted octanol–water partition coefficient (Wildman–Crippen LogP) is 1.13. The fourth-order valence-corrected chi connectivity index (χ4v) is 1.19. The van der Waals surface area contributed by atoms with Gasteiger partial charge in [-0.15, -0.1) is 5.92 Å². The number of anilines is 1. The molecule has 2 N–H and O–H groups in total. The molecule has 0 radical (unpaired) electrons. The summed E-state index contributed by atoms with van der Waals surface area (Å²) in [6.45, 7) is 4.10. The third kappa shape index (κ3) is 3.31. The average Bonchev–Trinajstić information content (AvgIpc) is 2.60. The van der Waals surface area contributed by atoms with Gasteiger partial charge in [0.25, 0.3) is 0 Å². The van der Waals surface area contributed by atoms with Crippen molar-refractivity contribution >= 4 is 11.8 Å². The first-order valence-corrected chi connectivity index (χ1v) is 5.14. The molecular formula is C11H16N4O. The van der Waals surface area contributed by atoms with Crippen LogP contribution in [0.5, 0.6) is 0 Å². The van der Waals surface area contributed by atoms with Crippen LogP contribution in [0.15, 0.2) is 6.07 Å². The molecule has 5 nitrogen and oxygen atoms in total. The van der Waals surface area contributed by atoms with E-state index in [-0.39, 0.29) is 6.03 Å². The first kappa shape index (κ1) is 12.1. The lowest BCUT2D eigenvalue weighted by molar-refractivity contribution is 0.253. The molecule has 0 aromatic carbocycles. The average molecular weight is 220 g/mol. The van der Waals surface area contributed by atoms with Crippen molar-refractivity contribution in [1.29, 1.82) is 0 Å². The van der Waals surface area contributed by atoms with E-state index in [1.54, 1.807) is 18.7 Å². The van der Waals surface area contributed by atoms with Crippen LogP contribution >= 0.6 is 0 Å². The number of rotatable bonds is 3. The number of nitrogens with one attached hydrogen (secondary N) is 2. The summed E-state index contributed by atoms with van der Waals surface area (Å²) in [5, 5.41) is 9.55. The lowest BCUT2D eigenvalue weighted by Gasteiger charge is -2.04. The standard InChI is InChI=1S/C11H16N4O/c1-4-6-7-12-11(16)13-10-8-9(5-2)14-15(10)3/h8H,5,7H2,1-3H3,(H2,12,13,16). The van der Waals surface area contributed by atoms with Gasteiger partial charge in [-0.25, -0.2) is 4.79 Å². The van der Waals surface area contributed by atoms with Gasteiger partial charge in [-0.05, 0) is 13.3 Å². The van der Waals surface area contributed by atoms with Crippen LogP contribution in [0.2, 0.25) is 0 Å². The number of hydrogen-bond donors (Lipinski definition) is 2. The van der Waals surface area contributed by atoms with Crippen molar-refractivity contribution in [2.75, 3.05) is 11.9 Å². The highest BCUT2D eigenvalue weighted by Crippen LogP contribution is 2.08. The molecule has 0 spiro atoms. The monoisotopic (exact) mass is 220 g/mol. The van der Waals surface area contributed by atoms with E-state index in [0.29, 0.717) is 12.4 Å². The largest absolute Gasteiger partial charge is 0.327 e. The van der Waals surface area contributed by atoms with Gasteiger partial charge in [0.05, 0.1) is 12.2 Å². The number of amides is 2. The van der Waals surface area contributed by atoms with Crippen LogP contribution in [0.4, 0.5) is 10.6 Å². The van der Waals surface area contributed by atoms with Crippen molar-refractivity contribution in [1.82, 2.24) is 15.1 Å². The number of carbonyl (C=O) groups excluding carboxylic acids is 1. The van der Waals surface area contributed by atoms with Crippen LogP contribution in [0, 0.1) is 11.8 Å². The topological polar surface area (TPSA) is 59.0 Å². The minimum absolute atomic E-state index is 0.270. The Morgan fingerprint density at radius 2 is 2.38 bits per heavy atom. The Balaban J connectivity index is 2.54. The van der Waals surface area contributed by atoms with Crippen LogP contribution < -0.4 is 10.6 Å². The second-order valence-corrected chi connectivity index (χ2v) is 3.23. The SMILES string of the molecule is CC#CCNC(=O)Nc1cc(CC)nn1C. The van der Waals surface area contributed by atoms with Gasteiger partial charge in [0, 0.05) is 13.1 Å². The van der Waals surface area contributed by atoms with Crippen molar-refractivity contribution in [3.8, 4) is 11.8 Å². The Labute approximate surface area is 95.2 Å². The number of aromatic nitrogens is 2. The van der Waals surface area contributed by atoms with Crippen LogP contribution in [0.3, 0.4) is 0 Å². The maximum atomic E-state index is 11.4. The maximum Gasteiger partial charge on any atom is 0.321 e. The molecule has 5 heteroatoms. The second-order valence-electron chi connectivity index (χ2n) is 3.23. The fraction of sp³-hybridized carbons (Fsp3) is 0.455. The van der Waals surface area contributed by atoms with Crippen LogP contribution in [0.1, 0.15) is 19.5 Å². The predicted molar refractivity (Wildman–Crippen MR) is 63.1 cm³/mol. The highest BCUT2D eigenvalue weighted by molar-refractivity contribution is 5.88. The van der Waals surface area contributed by atoms with Crippen molar-refractivity contribution < 1.29 is 4.79 Å². The number of urea groups is 1. The molecule has 0 unspecified atom stereocenters. The maximum absolute atomic E-state index is 11.4. The summed E-state index contributed by atoms with van der Waals surface area (Å²) in [6, 6.07) is 1.58. The molecule has 16 heavy (non-hydrogen) atoms. The normalized spacial score (nSPS) is 9.19. The molecular weight excluding hydrogens is 204 g/mol. The molecule has 1 heterocycles. The van der Waals surface area contributed by atoms with E-state index >= 15 is 0 Å². The molecule has 0 fully saturated rings. The molecule has 0 aliphatic carbocycles. The van der Waals surface area contributed by atoms with Gasteiger partial charge in [-0.3, -0.25) is 10.00 Å². The molecule has 2 amide bonds. The molecule has 0 bridgehead atoms. The minimum atomic E-state index is -0.270. The van der Waals surface area contributed by atoms with E-state index in [1.807, 2.05) is 13.0 Å². The van der Waals surface area contributed by atoms with E-state index < -0.39 is 0 Å². The van der Waals surface area contributed by atoms with Gasteiger partial charge in [0.1, 0.15) is 5.82 Å². The number of aryl methyl sites for hydroxylation is 2. The van der Waals surface area contributed by atoms with Crippen molar-refractivity contribution in [2.45, 2.75) is 20.3 Å². The van der Waals surface area contributed by atoms with Gasteiger partial charge < -0.3 is 5.32 Å². The van der Waals surface area contributed by atoms with Crippen molar-refractivity contribution in [3.05, 3.63) is 11.8 Å². The Morgan fingerprint density at radius 3 is 2.94 bits per heavy atom. The Morgan fingerprint density at radius 1 is 1.62 bits per heavy atom. The summed E-state index contributed by atoms with van der Waals surface area (Å²) in [5.74, 6) is 6.13.